The van der Waals surface area contributed by atoms with E-state index in [4.69, 9.17) is 0 Å². The molecule has 0 bridgehead atoms. The summed E-state index contributed by atoms with van der Waals surface area (Å²) in [5.41, 5.74) is -2.23. The van der Waals surface area contributed by atoms with Gasteiger partial charge < -0.3 is 5.11 Å². The summed E-state index contributed by atoms with van der Waals surface area (Å²) in [7, 11) is 0. The molecule has 8 heteroatoms. The molecule has 1 heterocycles. The summed E-state index contributed by atoms with van der Waals surface area (Å²) in [6.07, 6.45) is 0. The van der Waals surface area contributed by atoms with Crippen LogP contribution in [0.2, 0.25) is 0 Å². The van der Waals surface area contributed by atoms with Crippen LogP contribution in [0.25, 0.3) is 0 Å². The monoisotopic (exact) mass is 265 g/mol. The Bertz CT molecular complexity index is 733. The molecule has 0 saturated carbocycles. The number of benzene rings is 1. The lowest BCUT2D eigenvalue weighted by molar-refractivity contribution is 0.411. The quantitative estimate of drug-likeness (QED) is 0.802. The van der Waals surface area contributed by atoms with E-state index in [0.717, 1.165) is 4.57 Å². The van der Waals surface area contributed by atoms with Crippen molar-refractivity contribution in [1.29, 1.82) is 0 Å². The van der Waals surface area contributed by atoms with Crippen LogP contribution in [0.5, 0.6) is 5.88 Å². The van der Waals surface area contributed by atoms with Gasteiger partial charge in [0, 0.05) is 0 Å². The van der Waals surface area contributed by atoms with Gasteiger partial charge in [0.2, 0.25) is 11.6 Å². The molecule has 0 spiro atoms. The number of aromatic hydroxyl groups is 1. The van der Waals surface area contributed by atoms with Crippen molar-refractivity contribution in [2.75, 3.05) is 0 Å². The molecule has 2 rings (SSSR count). The fraction of sp³-hybridized carbons (Fsp3) is 0.0909. The number of aromatic nitrogens is 2. The molecule has 1 aromatic carbocycles. The zero-order valence-electron chi connectivity index (χ0n) is 9.46. The number of H-pyrrole nitrogens is 1. The largest absolute Gasteiger partial charge is 0.493 e. The zero-order chi connectivity index (χ0) is 14.0. The summed E-state index contributed by atoms with van der Waals surface area (Å²) in [5, 5.41) is 12.0. The van der Waals surface area contributed by atoms with Gasteiger partial charge >= 0.3 is 5.69 Å². The summed E-state index contributed by atoms with van der Waals surface area (Å²) < 4.78 is 13.5. The van der Waals surface area contributed by atoms with Crippen molar-refractivity contribution >= 4 is 5.69 Å². The first-order valence-electron chi connectivity index (χ1n) is 5.17. The van der Waals surface area contributed by atoms with Crippen LogP contribution in [-0.2, 0) is 6.54 Å². The van der Waals surface area contributed by atoms with Crippen molar-refractivity contribution in [1.82, 2.24) is 9.55 Å². The van der Waals surface area contributed by atoms with E-state index in [1.54, 1.807) is 0 Å². The Morgan fingerprint density at radius 1 is 1.26 bits per heavy atom. The van der Waals surface area contributed by atoms with E-state index in [1.165, 1.54) is 24.3 Å². The van der Waals surface area contributed by atoms with E-state index in [-0.39, 0.29) is 6.54 Å². The van der Waals surface area contributed by atoms with Crippen molar-refractivity contribution in [2.24, 2.45) is 5.18 Å². The van der Waals surface area contributed by atoms with Gasteiger partial charge in [0.1, 0.15) is 5.82 Å². The van der Waals surface area contributed by atoms with Gasteiger partial charge in [-0.25, -0.2) is 9.18 Å². The number of nitrogens with zero attached hydrogens (tertiary/aromatic N) is 2. The third-order valence-electron chi connectivity index (χ3n) is 2.49. The summed E-state index contributed by atoms with van der Waals surface area (Å²) in [4.78, 5) is 35.0. The van der Waals surface area contributed by atoms with Crippen LogP contribution >= 0.6 is 0 Å². The van der Waals surface area contributed by atoms with Crippen LogP contribution in [0, 0.1) is 10.7 Å². The predicted molar refractivity (Wildman–Crippen MR) is 63.9 cm³/mol. The van der Waals surface area contributed by atoms with Crippen molar-refractivity contribution in [3.63, 3.8) is 0 Å². The molecular weight excluding hydrogens is 257 g/mol. The number of nitrogens with one attached hydrogen (secondary N) is 1. The highest BCUT2D eigenvalue weighted by Gasteiger charge is 2.14. The fourth-order valence-electron chi connectivity index (χ4n) is 1.55. The second-order valence-corrected chi connectivity index (χ2v) is 3.74. The van der Waals surface area contributed by atoms with Crippen molar-refractivity contribution in [3.8, 4) is 5.88 Å². The minimum atomic E-state index is -1.06. The molecule has 0 atom stereocenters. The highest BCUT2D eigenvalue weighted by Crippen LogP contribution is 2.19. The highest BCUT2D eigenvalue weighted by molar-refractivity contribution is 5.44. The minimum absolute atomic E-state index is 0.135. The third-order valence-corrected chi connectivity index (χ3v) is 2.49. The van der Waals surface area contributed by atoms with E-state index >= 15 is 0 Å². The molecular formula is C11H8FN3O4. The zero-order valence-corrected chi connectivity index (χ0v) is 9.46. The summed E-state index contributed by atoms with van der Waals surface area (Å²) in [6.45, 7) is -0.135. The molecule has 19 heavy (non-hydrogen) atoms. The average molecular weight is 265 g/mol. The lowest BCUT2D eigenvalue weighted by Gasteiger charge is -2.08. The molecule has 0 saturated heterocycles. The van der Waals surface area contributed by atoms with Crippen LogP contribution in [0.3, 0.4) is 0 Å². The second kappa shape index (κ2) is 4.84. The molecule has 0 unspecified atom stereocenters. The number of aromatic amines is 1. The van der Waals surface area contributed by atoms with Gasteiger partial charge in [0.05, 0.1) is 6.54 Å². The van der Waals surface area contributed by atoms with Crippen LogP contribution in [0.4, 0.5) is 10.1 Å². The molecule has 0 radical (unpaired) electrons. The maximum absolute atomic E-state index is 12.7. The van der Waals surface area contributed by atoms with Gasteiger partial charge in [-0.3, -0.25) is 14.3 Å². The van der Waals surface area contributed by atoms with E-state index in [0.29, 0.717) is 5.56 Å². The van der Waals surface area contributed by atoms with Gasteiger partial charge in [-0.1, -0.05) is 12.1 Å². The number of nitroso groups, excluding NO2 is 1. The van der Waals surface area contributed by atoms with Crippen LogP contribution in [0.15, 0.2) is 39.0 Å². The molecule has 0 aliphatic rings. The van der Waals surface area contributed by atoms with E-state index < -0.39 is 28.6 Å². The first-order valence-corrected chi connectivity index (χ1v) is 5.17. The number of hydrogen-bond donors (Lipinski definition) is 2. The molecule has 0 aliphatic carbocycles. The average Bonchev–Trinajstić information content (AvgIpc) is 2.37. The van der Waals surface area contributed by atoms with Gasteiger partial charge in [0.25, 0.3) is 5.56 Å². The first kappa shape index (κ1) is 12.7. The number of hydrogen-bond acceptors (Lipinski definition) is 5. The minimum Gasteiger partial charge on any atom is -0.493 e. The normalized spacial score (nSPS) is 10.4. The molecule has 0 fully saturated rings. The Morgan fingerprint density at radius 3 is 2.47 bits per heavy atom. The first-order chi connectivity index (χ1) is 9.02. The smallest absolute Gasteiger partial charge is 0.331 e. The SMILES string of the molecule is O=Nc1c(O)n(Cc2ccc(F)cc2)c(=O)[nH]c1=O. The molecule has 1 aromatic heterocycles. The van der Waals surface area contributed by atoms with E-state index in [9.17, 15) is 24.0 Å². The maximum atomic E-state index is 12.7. The molecule has 2 N–H and O–H groups in total. The van der Waals surface area contributed by atoms with Gasteiger partial charge in [-0.15, -0.1) is 4.91 Å². The highest BCUT2D eigenvalue weighted by atomic mass is 19.1. The molecule has 98 valence electrons. The Hall–Kier alpha value is -2.77. The predicted octanol–water partition coefficient (Wildman–Crippen LogP) is 0.828. The van der Waals surface area contributed by atoms with E-state index in [2.05, 4.69) is 5.18 Å². The summed E-state index contributed by atoms with van der Waals surface area (Å²) >= 11 is 0. The standard InChI is InChI=1S/C11H8FN3O4/c12-7-3-1-6(2-4-7)5-15-10(17)8(14-19)9(16)13-11(15)18/h1-4,17H,5H2,(H,13,16,18). The molecule has 7 nitrogen and oxygen atoms in total. The Labute approximate surface area is 104 Å². The Morgan fingerprint density at radius 2 is 1.89 bits per heavy atom. The van der Waals surface area contributed by atoms with Crippen LogP contribution in [-0.4, -0.2) is 14.7 Å². The van der Waals surface area contributed by atoms with Gasteiger partial charge in [-0.05, 0) is 22.9 Å². The van der Waals surface area contributed by atoms with Crippen molar-refractivity contribution in [2.45, 2.75) is 6.54 Å². The number of rotatable bonds is 3. The van der Waals surface area contributed by atoms with Crippen molar-refractivity contribution < 1.29 is 9.50 Å². The molecule has 0 amide bonds. The van der Waals surface area contributed by atoms with Crippen LogP contribution < -0.4 is 11.2 Å². The van der Waals surface area contributed by atoms with Gasteiger partial charge in [0.15, 0.2) is 0 Å². The topological polar surface area (TPSA) is 105 Å². The summed E-state index contributed by atoms with van der Waals surface area (Å²) in [5.74, 6) is -1.27. The fourth-order valence-corrected chi connectivity index (χ4v) is 1.55. The van der Waals surface area contributed by atoms with Crippen molar-refractivity contribution in [3.05, 3.63) is 61.4 Å². The van der Waals surface area contributed by atoms with Crippen LogP contribution in [0.1, 0.15) is 5.56 Å². The Kier molecular flexibility index (Phi) is 3.23. The van der Waals surface area contributed by atoms with E-state index in [1.807, 2.05) is 4.98 Å². The lowest BCUT2D eigenvalue weighted by Crippen LogP contribution is -2.29. The Balaban J connectivity index is 2.51. The third kappa shape index (κ3) is 2.41. The maximum Gasteiger partial charge on any atom is 0.331 e. The molecule has 0 aliphatic heterocycles. The molecule has 2 aromatic rings. The lowest BCUT2D eigenvalue weighted by atomic mass is 10.2. The summed E-state index contributed by atoms with van der Waals surface area (Å²) in [6, 6.07) is 5.17. The second-order valence-electron chi connectivity index (χ2n) is 3.74. The van der Waals surface area contributed by atoms with Gasteiger partial charge in [-0.2, -0.15) is 0 Å². The number of halogens is 1.